The molecule has 0 aliphatic heterocycles. The average Bonchev–Trinajstić information content (AvgIpc) is 3.10. The molecule has 112 valence electrons. The highest BCUT2D eigenvalue weighted by Crippen LogP contribution is 2.40. The lowest BCUT2D eigenvalue weighted by Crippen LogP contribution is -2.10. The highest BCUT2D eigenvalue weighted by molar-refractivity contribution is 7.92. The van der Waals surface area contributed by atoms with Gasteiger partial charge >= 0.3 is 0 Å². The van der Waals surface area contributed by atoms with Gasteiger partial charge in [-0.05, 0) is 25.0 Å². The van der Waals surface area contributed by atoms with Crippen molar-refractivity contribution in [1.82, 2.24) is 9.97 Å². The summed E-state index contributed by atoms with van der Waals surface area (Å²) in [4.78, 5) is 7.36. The van der Waals surface area contributed by atoms with E-state index < -0.39 is 15.8 Å². The summed E-state index contributed by atoms with van der Waals surface area (Å²) < 4.78 is 38.5. The van der Waals surface area contributed by atoms with Crippen molar-refractivity contribution in [2.24, 2.45) is 0 Å². The van der Waals surface area contributed by atoms with E-state index in [-0.39, 0.29) is 10.7 Å². The molecule has 3 rings (SSSR count). The summed E-state index contributed by atoms with van der Waals surface area (Å²) in [5, 5.41) is 0.132. The van der Waals surface area contributed by atoms with E-state index in [9.17, 15) is 12.8 Å². The standard InChI is InChI=1S/C13H13ClFN3O2S/c1-21(19,20)18-10-5-8(15)4-9(12(10)14)11-6-16-13(17-11)7-2-3-7/h4-7,18H,2-3H2,1H3,(H,16,17). The van der Waals surface area contributed by atoms with Gasteiger partial charge in [-0.25, -0.2) is 17.8 Å². The summed E-state index contributed by atoms with van der Waals surface area (Å²) >= 11 is 6.18. The molecule has 1 aliphatic carbocycles. The van der Waals surface area contributed by atoms with E-state index >= 15 is 0 Å². The molecule has 1 fully saturated rings. The van der Waals surface area contributed by atoms with Crippen LogP contribution in [0.25, 0.3) is 11.3 Å². The predicted molar refractivity (Wildman–Crippen MR) is 79.4 cm³/mol. The molecular formula is C13H13ClFN3O2S. The number of halogens is 2. The van der Waals surface area contributed by atoms with Crippen molar-refractivity contribution >= 4 is 27.3 Å². The second-order valence-corrected chi connectivity index (χ2v) is 7.27. The number of imidazole rings is 1. The van der Waals surface area contributed by atoms with E-state index in [0.29, 0.717) is 17.2 Å². The van der Waals surface area contributed by atoms with E-state index in [0.717, 1.165) is 31.0 Å². The highest BCUT2D eigenvalue weighted by atomic mass is 35.5. The van der Waals surface area contributed by atoms with Crippen molar-refractivity contribution < 1.29 is 12.8 Å². The number of hydrogen-bond acceptors (Lipinski definition) is 3. The first kappa shape index (κ1) is 14.3. The molecule has 1 heterocycles. The Morgan fingerprint density at radius 3 is 2.76 bits per heavy atom. The van der Waals surface area contributed by atoms with Gasteiger partial charge < -0.3 is 4.98 Å². The number of H-pyrrole nitrogens is 1. The van der Waals surface area contributed by atoms with Gasteiger partial charge in [-0.2, -0.15) is 0 Å². The largest absolute Gasteiger partial charge is 0.342 e. The van der Waals surface area contributed by atoms with Crippen LogP contribution in [0.1, 0.15) is 24.6 Å². The Bertz CT molecular complexity index is 800. The van der Waals surface area contributed by atoms with E-state index in [1.807, 2.05) is 0 Å². The highest BCUT2D eigenvalue weighted by Gasteiger charge is 2.27. The zero-order chi connectivity index (χ0) is 15.2. The molecule has 2 aromatic rings. The van der Waals surface area contributed by atoms with Crippen molar-refractivity contribution in [2.75, 3.05) is 11.0 Å². The van der Waals surface area contributed by atoms with Crippen LogP contribution < -0.4 is 4.72 Å². The van der Waals surface area contributed by atoms with Gasteiger partial charge in [0.1, 0.15) is 11.6 Å². The van der Waals surface area contributed by atoms with Crippen LogP contribution in [0.2, 0.25) is 5.02 Å². The summed E-state index contributed by atoms with van der Waals surface area (Å²) in [5.74, 6) is 0.700. The topological polar surface area (TPSA) is 74.8 Å². The minimum absolute atomic E-state index is 0.0109. The average molecular weight is 330 g/mol. The molecule has 1 saturated carbocycles. The van der Waals surface area contributed by atoms with Gasteiger partial charge in [0.25, 0.3) is 0 Å². The Hall–Kier alpha value is -1.60. The van der Waals surface area contributed by atoms with Gasteiger partial charge in [0.2, 0.25) is 10.0 Å². The van der Waals surface area contributed by atoms with Crippen LogP contribution in [0.5, 0.6) is 0 Å². The molecule has 1 aromatic carbocycles. The molecular weight excluding hydrogens is 317 g/mol. The van der Waals surface area contributed by atoms with E-state index in [2.05, 4.69) is 14.7 Å². The van der Waals surface area contributed by atoms with Gasteiger partial charge in [0.15, 0.2) is 0 Å². The summed E-state index contributed by atoms with van der Waals surface area (Å²) in [6.45, 7) is 0. The van der Waals surface area contributed by atoms with Crippen molar-refractivity contribution in [2.45, 2.75) is 18.8 Å². The fourth-order valence-electron chi connectivity index (χ4n) is 2.10. The Morgan fingerprint density at radius 1 is 1.43 bits per heavy atom. The maximum atomic E-state index is 13.7. The molecule has 1 aromatic heterocycles. The van der Waals surface area contributed by atoms with Crippen LogP contribution in [0.15, 0.2) is 18.3 Å². The molecule has 0 saturated heterocycles. The summed E-state index contributed by atoms with van der Waals surface area (Å²) in [7, 11) is -3.54. The molecule has 0 unspecified atom stereocenters. The molecule has 2 N–H and O–H groups in total. The Kier molecular flexibility index (Phi) is 3.41. The van der Waals surface area contributed by atoms with Gasteiger partial charge in [-0.1, -0.05) is 11.6 Å². The second kappa shape index (κ2) is 4.99. The molecule has 8 heteroatoms. The predicted octanol–water partition coefficient (Wildman–Crippen LogP) is 3.12. The second-order valence-electron chi connectivity index (χ2n) is 5.15. The molecule has 21 heavy (non-hydrogen) atoms. The lowest BCUT2D eigenvalue weighted by molar-refractivity contribution is 0.606. The first-order valence-electron chi connectivity index (χ1n) is 6.35. The minimum Gasteiger partial charge on any atom is -0.342 e. The lowest BCUT2D eigenvalue weighted by atomic mass is 10.1. The number of rotatable bonds is 4. The number of nitrogens with zero attached hydrogens (tertiary/aromatic N) is 1. The zero-order valence-corrected chi connectivity index (χ0v) is 12.7. The zero-order valence-electron chi connectivity index (χ0n) is 11.2. The number of anilines is 1. The number of aromatic nitrogens is 2. The normalized spacial score (nSPS) is 15.2. The fraction of sp³-hybridized carbons (Fsp3) is 0.308. The number of benzene rings is 1. The number of sulfonamides is 1. The van der Waals surface area contributed by atoms with Crippen LogP contribution in [-0.2, 0) is 10.0 Å². The minimum atomic E-state index is -3.54. The van der Waals surface area contributed by atoms with Crippen LogP contribution in [0, 0.1) is 5.82 Å². The first-order valence-corrected chi connectivity index (χ1v) is 8.62. The number of hydrogen-bond donors (Lipinski definition) is 2. The van der Waals surface area contributed by atoms with Crippen molar-refractivity contribution in [1.29, 1.82) is 0 Å². The molecule has 0 radical (unpaired) electrons. The summed E-state index contributed by atoms with van der Waals surface area (Å²) in [5.41, 5.74) is 0.955. The van der Waals surface area contributed by atoms with Crippen LogP contribution >= 0.6 is 11.6 Å². The third kappa shape index (κ3) is 3.19. The molecule has 1 aliphatic rings. The molecule has 0 amide bonds. The van der Waals surface area contributed by atoms with E-state index in [1.165, 1.54) is 6.07 Å². The van der Waals surface area contributed by atoms with Crippen molar-refractivity contribution in [3.63, 3.8) is 0 Å². The molecule has 0 bridgehead atoms. The first-order chi connectivity index (χ1) is 9.83. The van der Waals surface area contributed by atoms with Crippen LogP contribution in [0.4, 0.5) is 10.1 Å². The van der Waals surface area contributed by atoms with E-state index in [4.69, 9.17) is 11.6 Å². The maximum Gasteiger partial charge on any atom is 0.229 e. The van der Waals surface area contributed by atoms with Crippen molar-refractivity contribution in [3.05, 3.63) is 35.0 Å². The lowest BCUT2D eigenvalue weighted by Gasteiger charge is -2.10. The Balaban J connectivity index is 2.04. The molecule has 0 atom stereocenters. The van der Waals surface area contributed by atoms with E-state index in [1.54, 1.807) is 6.20 Å². The van der Waals surface area contributed by atoms with Crippen LogP contribution in [0.3, 0.4) is 0 Å². The Morgan fingerprint density at radius 2 is 2.14 bits per heavy atom. The fourth-order valence-corrected chi connectivity index (χ4v) is 2.97. The smallest absolute Gasteiger partial charge is 0.229 e. The SMILES string of the molecule is CS(=O)(=O)Nc1cc(F)cc(-c2cnc(C3CC3)[nH]2)c1Cl. The third-order valence-corrected chi connectivity index (χ3v) is 4.18. The van der Waals surface area contributed by atoms with Crippen molar-refractivity contribution in [3.8, 4) is 11.3 Å². The number of nitrogens with one attached hydrogen (secondary N) is 2. The van der Waals surface area contributed by atoms with Gasteiger partial charge in [-0.3, -0.25) is 4.72 Å². The van der Waals surface area contributed by atoms with Gasteiger partial charge in [-0.15, -0.1) is 0 Å². The third-order valence-electron chi connectivity index (χ3n) is 3.18. The van der Waals surface area contributed by atoms with Gasteiger partial charge in [0.05, 0.1) is 28.9 Å². The monoisotopic (exact) mass is 329 g/mol. The summed E-state index contributed by atoms with van der Waals surface area (Å²) in [6.07, 6.45) is 4.74. The summed E-state index contributed by atoms with van der Waals surface area (Å²) in [6, 6.07) is 2.30. The van der Waals surface area contributed by atoms with Gasteiger partial charge in [0, 0.05) is 11.5 Å². The number of aromatic amines is 1. The molecule has 0 spiro atoms. The Labute approximate surface area is 126 Å². The van der Waals surface area contributed by atoms with Crippen LogP contribution in [-0.4, -0.2) is 24.6 Å². The maximum absolute atomic E-state index is 13.7. The quantitative estimate of drug-likeness (QED) is 0.905. The molecule has 5 nitrogen and oxygen atoms in total.